The standard InChI is InChI=1S/C20H17F2NOS/c1-2-13-3-5-14(6-4-13)16-10-20(25-12-16)23-19(24)9-15-7-8-17(21)11-18(15)22/h3-8,10-12H,2,9H2,1H3,(H,23,24). The average molecular weight is 357 g/mol. The van der Waals surface area contributed by atoms with Gasteiger partial charge in [-0.1, -0.05) is 37.3 Å². The summed E-state index contributed by atoms with van der Waals surface area (Å²) in [4.78, 5) is 12.1. The molecule has 128 valence electrons. The predicted molar refractivity (Wildman–Crippen MR) is 97.8 cm³/mol. The van der Waals surface area contributed by atoms with E-state index in [-0.39, 0.29) is 17.9 Å². The highest BCUT2D eigenvalue weighted by Crippen LogP contribution is 2.29. The molecule has 2 aromatic carbocycles. The van der Waals surface area contributed by atoms with Crippen LogP contribution < -0.4 is 5.32 Å². The molecular weight excluding hydrogens is 340 g/mol. The molecule has 0 fully saturated rings. The fourth-order valence-electron chi connectivity index (χ4n) is 2.51. The van der Waals surface area contributed by atoms with Gasteiger partial charge >= 0.3 is 0 Å². The molecule has 1 N–H and O–H groups in total. The Morgan fingerprint density at radius 1 is 1.04 bits per heavy atom. The first-order valence-corrected chi connectivity index (χ1v) is 8.84. The number of amides is 1. The summed E-state index contributed by atoms with van der Waals surface area (Å²) in [5, 5.41) is 5.43. The van der Waals surface area contributed by atoms with E-state index in [0.717, 1.165) is 29.7 Å². The number of carbonyl (C=O) groups excluding carboxylic acids is 1. The van der Waals surface area contributed by atoms with E-state index in [1.165, 1.54) is 23.0 Å². The molecule has 0 spiro atoms. The lowest BCUT2D eigenvalue weighted by atomic mass is 10.1. The number of hydrogen-bond acceptors (Lipinski definition) is 2. The van der Waals surface area contributed by atoms with E-state index in [9.17, 15) is 13.6 Å². The summed E-state index contributed by atoms with van der Waals surface area (Å²) in [5.41, 5.74) is 3.55. The van der Waals surface area contributed by atoms with Crippen molar-refractivity contribution in [2.75, 3.05) is 5.32 Å². The molecule has 25 heavy (non-hydrogen) atoms. The number of thiophene rings is 1. The Morgan fingerprint density at radius 3 is 2.48 bits per heavy atom. The van der Waals surface area contributed by atoms with Crippen LogP contribution in [0, 0.1) is 11.6 Å². The molecule has 0 aliphatic carbocycles. The van der Waals surface area contributed by atoms with Gasteiger partial charge in [0.15, 0.2) is 0 Å². The van der Waals surface area contributed by atoms with E-state index in [1.807, 2.05) is 11.4 Å². The van der Waals surface area contributed by atoms with Gasteiger partial charge < -0.3 is 5.32 Å². The number of nitrogens with one attached hydrogen (secondary N) is 1. The monoisotopic (exact) mass is 357 g/mol. The molecule has 0 radical (unpaired) electrons. The Bertz CT molecular complexity index is 887. The molecular formula is C20H17F2NOS. The summed E-state index contributed by atoms with van der Waals surface area (Å²) in [5.74, 6) is -1.70. The Kier molecular flexibility index (Phi) is 5.24. The van der Waals surface area contributed by atoms with Crippen molar-refractivity contribution in [1.29, 1.82) is 0 Å². The number of benzene rings is 2. The fraction of sp³-hybridized carbons (Fsp3) is 0.150. The van der Waals surface area contributed by atoms with Crippen LogP contribution in [0.15, 0.2) is 53.9 Å². The zero-order chi connectivity index (χ0) is 17.8. The zero-order valence-corrected chi connectivity index (χ0v) is 14.5. The van der Waals surface area contributed by atoms with Crippen LogP contribution in [-0.4, -0.2) is 5.91 Å². The molecule has 0 aliphatic heterocycles. The van der Waals surface area contributed by atoms with Gasteiger partial charge in [0.1, 0.15) is 11.6 Å². The SMILES string of the molecule is CCc1ccc(-c2csc(NC(=O)Cc3ccc(F)cc3F)c2)cc1. The van der Waals surface area contributed by atoms with Crippen molar-refractivity contribution in [3.8, 4) is 11.1 Å². The molecule has 0 unspecified atom stereocenters. The van der Waals surface area contributed by atoms with Gasteiger partial charge in [-0.3, -0.25) is 4.79 Å². The van der Waals surface area contributed by atoms with Crippen molar-refractivity contribution in [2.24, 2.45) is 0 Å². The lowest BCUT2D eigenvalue weighted by Crippen LogP contribution is -2.14. The number of hydrogen-bond donors (Lipinski definition) is 1. The minimum absolute atomic E-state index is 0.134. The highest BCUT2D eigenvalue weighted by Gasteiger charge is 2.11. The number of halogens is 2. The van der Waals surface area contributed by atoms with Gasteiger partial charge in [-0.05, 0) is 40.8 Å². The normalized spacial score (nSPS) is 10.7. The smallest absolute Gasteiger partial charge is 0.229 e. The van der Waals surface area contributed by atoms with Crippen LogP contribution in [0.25, 0.3) is 11.1 Å². The van der Waals surface area contributed by atoms with Gasteiger partial charge in [0, 0.05) is 11.4 Å². The molecule has 1 aromatic heterocycles. The molecule has 0 saturated carbocycles. The first-order chi connectivity index (χ1) is 12.0. The Morgan fingerprint density at radius 2 is 1.80 bits per heavy atom. The quantitative estimate of drug-likeness (QED) is 0.647. The van der Waals surface area contributed by atoms with Gasteiger partial charge in [0.25, 0.3) is 0 Å². The second-order valence-electron chi connectivity index (χ2n) is 5.71. The summed E-state index contributed by atoms with van der Waals surface area (Å²) in [6.45, 7) is 2.11. The molecule has 2 nitrogen and oxygen atoms in total. The largest absolute Gasteiger partial charge is 0.317 e. The summed E-state index contributed by atoms with van der Waals surface area (Å²) in [7, 11) is 0. The van der Waals surface area contributed by atoms with Crippen LogP contribution in [0.2, 0.25) is 0 Å². The minimum Gasteiger partial charge on any atom is -0.317 e. The van der Waals surface area contributed by atoms with Crippen molar-refractivity contribution in [3.63, 3.8) is 0 Å². The highest BCUT2D eigenvalue weighted by molar-refractivity contribution is 7.14. The third kappa shape index (κ3) is 4.31. The van der Waals surface area contributed by atoms with Gasteiger partial charge in [0.05, 0.1) is 11.4 Å². The Labute approximate surface area is 149 Å². The third-order valence-corrected chi connectivity index (χ3v) is 4.77. The molecule has 0 saturated heterocycles. The number of carbonyl (C=O) groups is 1. The van der Waals surface area contributed by atoms with E-state index in [2.05, 4.69) is 36.5 Å². The first kappa shape index (κ1) is 17.3. The Hall–Kier alpha value is -2.53. The maximum absolute atomic E-state index is 13.6. The van der Waals surface area contributed by atoms with Gasteiger partial charge in [0.2, 0.25) is 5.91 Å². The third-order valence-electron chi connectivity index (χ3n) is 3.92. The van der Waals surface area contributed by atoms with E-state index in [1.54, 1.807) is 0 Å². The number of aryl methyl sites for hydroxylation is 1. The van der Waals surface area contributed by atoms with Crippen LogP contribution in [0.5, 0.6) is 0 Å². The summed E-state index contributed by atoms with van der Waals surface area (Å²) >= 11 is 1.41. The van der Waals surface area contributed by atoms with Crippen molar-refractivity contribution < 1.29 is 13.6 Å². The van der Waals surface area contributed by atoms with Crippen molar-refractivity contribution in [1.82, 2.24) is 0 Å². The number of rotatable bonds is 5. The van der Waals surface area contributed by atoms with E-state index < -0.39 is 11.6 Å². The maximum Gasteiger partial charge on any atom is 0.229 e. The average Bonchev–Trinajstić information content (AvgIpc) is 3.06. The summed E-state index contributed by atoms with van der Waals surface area (Å²) in [6, 6.07) is 13.4. The fourth-order valence-corrected chi connectivity index (χ4v) is 3.33. The maximum atomic E-state index is 13.6. The van der Waals surface area contributed by atoms with Crippen molar-refractivity contribution in [3.05, 3.63) is 76.7 Å². The Balaban J connectivity index is 1.67. The summed E-state index contributed by atoms with van der Waals surface area (Å²) in [6.07, 6.45) is 0.857. The molecule has 1 heterocycles. The second kappa shape index (κ2) is 7.57. The highest BCUT2D eigenvalue weighted by atomic mass is 32.1. The van der Waals surface area contributed by atoms with Gasteiger partial charge in [-0.15, -0.1) is 11.3 Å². The molecule has 0 aliphatic rings. The summed E-state index contributed by atoms with van der Waals surface area (Å²) < 4.78 is 26.5. The molecule has 3 aromatic rings. The van der Waals surface area contributed by atoms with Crippen LogP contribution in [0.3, 0.4) is 0 Å². The minimum atomic E-state index is -0.710. The molecule has 0 bridgehead atoms. The lowest BCUT2D eigenvalue weighted by Gasteiger charge is -2.04. The molecule has 3 rings (SSSR count). The van der Waals surface area contributed by atoms with Crippen molar-refractivity contribution in [2.45, 2.75) is 19.8 Å². The first-order valence-electron chi connectivity index (χ1n) is 7.97. The van der Waals surface area contributed by atoms with E-state index in [0.29, 0.717) is 5.00 Å². The van der Waals surface area contributed by atoms with Crippen LogP contribution in [-0.2, 0) is 17.6 Å². The topological polar surface area (TPSA) is 29.1 Å². The molecule has 5 heteroatoms. The van der Waals surface area contributed by atoms with Crippen LogP contribution >= 0.6 is 11.3 Å². The molecule has 0 atom stereocenters. The number of anilines is 1. The van der Waals surface area contributed by atoms with E-state index in [4.69, 9.17) is 0 Å². The second-order valence-corrected chi connectivity index (χ2v) is 6.62. The predicted octanol–water partition coefficient (Wildman–Crippen LogP) is 5.44. The van der Waals surface area contributed by atoms with Gasteiger partial charge in [-0.25, -0.2) is 8.78 Å². The lowest BCUT2D eigenvalue weighted by molar-refractivity contribution is -0.115. The van der Waals surface area contributed by atoms with Crippen LogP contribution in [0.4, 0.5) is 13.8 Å². The van der Waals surface area contributed by atoms with Gasteiger partial charge in [-0.2, -0.15) is 0 Å². The van der Waals surface area contributed by atoms with Crippen LogP contribution in [0.1, 0.15) is 18.1 Å². The van der Waals surface area contributed by atoms with E-state index >= 15 is 0 Å². The molecule has 1 amide bonds. The zero-order valence-electron chi connectivity index (χ0n) is 13.7. The van der Waals surface area contributed by atoms with Crippen molar-refractivity contribution >= 4 is 22.2 Å².